The maximum Gasteiger partial charge on any atom is 0.138 e. The zero-order valence-electron chi connectivity index (χ0n) is 9.87. The van der Waals surface area contributed by atoms with E-state index in [9.17, 15) is 4.79 Å². The standard InChI is InChI=1S/C13H23NO/c1-3-4-5-6-7-9-14-10-8-13(15)12(2)11-14/h3,12H,1,4-11H2,2H3. The molecular formula is C13H23NO. The quantitative estimate of drug-likeness (QED) is 0.495. The molecule has 1 heterocycles. The van der Waals surface area contributed by atoms with Crippen molar-refractivity contribution in [1.82, 2.24) is 4.90 Å². The van der Waals surface area contributed by atoms with Gasteiger partial charge in [-0.15, -0.1) is 6.58 Å². The Hall–Kier alpha value is -0.630. The Balaban J connectivity index is 2.06. The summed E-state index contributed by atoms with van der Waals surface area (Å²) in [7, 11) is 0. The van der Waals surface area contributed by atoms with Crippen molar-refractivity contribution in [3.63, 3.8) is 0 Å². The highest BCUT2D eigenvalue weighted by atomic mass is 16.1. The monoisotopic (exact) mass is 209 g/mol. The number of carbonyl (C=O) groups is 1. The third kappa shape index (κ3) is 4.61. The molecule has 0 aromatic rings. The molecule has 1 aliphatic heterocycles. The van der Waals surface area contributed by atoms with E-state index in [1.807, 2.05) is 13.0 Å². The van der Waals surface area contributed by atoms with Gasteiger partial charge in [0.25, 0.3) is 0 Å². The summed E-state index contributed by atoms with van der Waals surface area (Å²) < 4.78 is 0. The molecule has 0 bridgehead atoms. The molecule has 0 N–H and O–H groups in total. The first-order valence-corrected chi connectivity index (χ1v) is 6.10. The van der Waals surface area contributed by atoms with E-state index in [4.69, 9.17) is 0 Å². The lowest BCUT2D eigenvalue weighted by Gasteiger charge is -2.29. The molecule has 0 spiro atoms. The van der Waals surface area contributed by atoms with Crippen molar-refractivity contribution in [2.24, 2.45) is 5.92 Å². The van der Waals surface area contributed by atoms with Gasteiger partial charge in [0, 0.05) is 25.4 Å². The second-order valence-electron chi connectivity index (χ2n) is 4.56. The van der Waals surface area contributed by atoms with Gasteiger partial charge in [-0.1, -0.05) is 19.4 Å². The molecule has 0 amide bonds. The largest absolute Gasteiger partial charge is 0.302 e. The third-order valence-corrected chi connectivity index (χ3v) is 3.14. The summed E-state index contributed by atoms with van der Waals surface area (Å²) in [5.41, 5.74) is 0. The van der Waals surface area contributed by atoms with Gasteiger partial charge in [-0.25, -0.2) is 0 Å². The molecule has 2 heteroatoms. The zero-order chi connectivity index (χ0) is 11.1. The normalized spacial score (nSPS) is 23.0. The van der Waals surface area contributed by atoms with E-state index in [1.54, 1.807) is 0 Å². The predicted molar refractivity (Wildman–Crippen MR) is 63.9 cm³/mol. The second-order valence-corrected chi connectivity index (χ2v) is 4.56. The van der Waals surface area contributed by atoms with Crippen LogP contribution in [0.3, 0.4) is 0 Å². The SMILES string of the molecule is C=CCCCCCN1CCC(=O)C(C)C1. The predicted octanol–water partition coefficient (Wildman–Crippen LogP) is 2.64. The molecular weight excluding hydrogens is 186 g/mol. The van der Waals surface area contributed by atoms with Gasteiger partial charge in [0.2, 0.25) is 0 Å². The summed E-state index contributed by atoms with van der Waals surface area (Å²) >= 11 is 0. The molecule has 0 aromatic heterocycles. The van der Waals surface area contributed by atoms with E-state index < -0.39 is 0 Å². The smallest absolute Gasteiger partial charge is 0.138 e. The second kappa shape index (κ2) is 6.78. The summed E-state index contributed by atoms with van der Waals surface area (Å²) in [6.07, 6.45) is 7.68. The Kier molecular flexibility index (Phi) is 5.62. The summed E-state index contributed by atoms with van der Waals surface area (Å²) in [4.78, 5) is 13.7. The van der Waals surface area contributed by atoms with Crippen molar-refractivity contribution < 1.29 is 4.79 Å². The maximum absolute atomic E-state index is 11.3. The lowest BCUT2D eigenvalue weighted by atomic mass is 9.98. The van der Waals surface area contributed by atoms with E-state index >= 15 is 0 Å². The van der Waals surface area contributed by atoms with Crippen molar-refractivity contribution >= 4 is 5.78 Å². The summed E-state index contributed by atoms with van der Waals surface area (Å²) in [6.45, 7) is 8.88. The molecule has 1 saturated heterocycles. The van der Waals surface area contributed by atoms with Crippen molar-refractivity contribution in [2.75, 3.05) is 19.6 Å². The molecule has 1 atom stereocenters. The van der Waals surface area contributed by atoms with Crippen molar-refractivity contribution in [2.45, 2.75) is 39.0 Å². The number of rotatable bonds is 6. The molecule has 1 fully saturated rings. The molecule has 0 saturated carbocycles. The van der Waals surface area contributed by atoms with E-state index in [2.05, 4.69) is 11.5 Å². The van der Waals surface area contributed by atoms with Crippen LogP contribution in [-0.4, -0.2) is 30.3 Å². The average molecular weight is 209 g/mol. The Morgan fingerprint density at radius 3 is 2.93 bits per heavy atom. The highest BCUT2D eigenvalue weighted by Gasteiger charge is 2.22. The number of hydrogen-bond donors (Lipinski definition) is 0. The summed E-state index contributed by atoms with van der Waals surface area (Å²) in [5.74, 6) is 0.699. The van der Waals surface area contributed by atoms with Crippen LogP contribution in [0.2, 0.25) is 0 Å². The molecule has 0 aliphatic carbocycles. The van der Waals surface area contributed by atoms with Crippen LogP contribution in [0, 0.1) is 5.92 Å². The number of ketones is 1. The van der Waals surface area contributed by atoms with Crippen molar-refractivity contribution in [1.29, 1.82) is 0 Å². The minimum absolute atomic E-state index is 0.256. The number of nitrogens with zero attached hydrogens (tertiary/aromatic N) is 1. The number of likely N-dealkylation sites (tertiary alicyclic amines) is 1. The van der Waals surface area contributed by atoms with Gasteiger partial charge in [0.05, 0.1) is 0 Å². The molecule has 86 valence electrons. The molecule has 2 nitrogen and oxygen atoms in total. The first-order valence-electron chi connectivity index (χ1n) is 6.10. The topological polar surface area (TPSA) is 20.3 Å². The fraction of sp³-hybridized carbons (Fsp3) is 0.769. The average Bonchev–Trinajstić information content (AvgIpc) is 2.23. The number of hydrogen-bond acceptors (Lipinski definition) is 2. The molecule has 1 unspecified atom stereocenters. The number of piperidine rings is 1. The van der Waals surface area contributed by atoms with E-state index in [0.717, 1.165) is 32.5 Å². The molecule has 1 aliphatic rings. The van der Waals surface area contributed by atoms with Crippen LogP contribution in [0.15, 0.2) is 12.7 Å². The van der Waals surface area contributed by atoms with Crippen molar-refractivity contribution in [3.8, 4) is 0 Å². The zero-order valence-corrected chi connectivity index (χ0v) is 9.87. The first-order chi connectivity index (χ1) is 7.24. The van der Waals surface area contributed by atoms with Crippen LogP contribution in [0.5, 0.6) is 0 Å². The van der Waals surface area contributed by atoms with E-state index in [1.165, 1.54) is 19.3 Å². The minimum Gasteiger partial charge on any atom is -0.302 e. The Morgan fingerprint density at radius 2 is 2.27 bits per heavy atom. The van der Waals surface area contributed by atoms with Crippen LogP contribution in [0.1, 0.15) is 39.0 Å². The van der Waals surface area contributed by atoms with Crippen molar-refractivity contribution in [3.05, 3.63) is 12.7 Å². The molecule has 0 radical (unpaired) electrons. The first kappa shape index (κ1) is 12.4. The van der Waals surface area contributed by atoms with Crippen LogP contribution >= 0.6 is 0 Å². The maximum atomic E-state index is 11.3. The van der Waals surface area contributed by atoms with E-state index in [0.29, 0.717) is 5.78 Å². The van der Waals surface area contributed by atoms with Gasteiger partial charge in [-0.2, -0.15) is 0 Å². The van der Waals surface area contributed by atoms with Crippen LogP contribution in [0.4, 0.5) is 0 Å². The van der Waals surface area contributed by atoms with Crippen LogP contribution < -0.4 is 0 Å². The third-order valence-electron chi connectivity index (χ3n) is 3.14. The minimum atomic E-state index is 0.256. The summed E-state index contributed by atoms with van der Waals surface area (Å²) in [6, 6.07) is 0. The number of unbranched alkanes of at least 4 members (excludes halogenated alkanes) is 3. The van der Waals surface area contributed by atoms with Crippen LogP contribution in [0.25, 0.3) is 0 Å². The number of allylic oxidation sites excluding steroid dienone is 1. The molecule has 15 heavy (non-hydrogen) atoms. The molecule has 0 aromatic carbocycles. The van der Waals surface area contributed by atoms with E-state index in [-0.39, 0.29) is 5.92 Å². The van der Waals surface area contributed by atoms with Gasteiger partial charge in [0.15, 0.2) is 0 Å². The van der Waals surface area contributed by atoms with Gasteiger partial charge < -0.3 is 4.90 Å². The number of Topliss-reactive ketones (excluding diaryl/α,β-unsaturated/α-hetero) is 1. The lowest BCUT2D eigenvalue weighted by molar-refractivity contribution is -0.125. The van der Waals surface area contributed by atoms with Gasteiger partial charge in [-0.3, -0.25) is 4.79 Å². The Morgan fingerprint density at radius 1 is 1.47 bits per heavy atom. The van der Waals surface area contributed by atoms with Gasteiger partial charge >= 0.3 is 0 Å². The Bertz CT molecular complexity index is 213. The van der Waals surface area contributed by atoms with Crippen LogP contribution in [-0.2, 0) is 4.79 Å². The highest BCUT2D eigenvalue weighted by Crippen LogP contribution is 2.13. The van der Waals surface area contributed by atoms with Gasteiger partial charge in [0.1, 0.15) is 5.78 Å². The lowest BCUT2D eigenvalue weighted by Crippen LogP contribution is -2.39. The highest BCUT2D eigenvalue weighted by molar-refractivity contribution is 5.81. The fourth-order valence-corrected chi connectivity index (χ4v) is 2.10. The van der Waals surface area contributed by atoms with Gasteiger partial charge in [-0.05, 0) is 25.8 Å². The molecule has 1 rings (SSSR count). The summed E-state index contributed by atoms with van der Waals surface area (Å²) in [5, 5.41) is 0. The fourth-order valence-electron chi connectivity index (χ4n) is 2.10. The Labute approximate surface area is 93.3 Å². The number of carbonyl (C=O) groups excluding carboxylic acids is 1.